The third-order valence-electron chi connectivity index (χ3n) is 2.47. The van der Waals surface area contributed by atoms with Crippen molar-refractivity contribution in [2.24, 2.45) is 0 Å². The molecule has 0 bridgehead atoms. The van der Waals surface area contributed by atoms with Crippen LogP contribution in [0.5, 0.6) is 0 Å². The van der Waals surface area contributed by atoms with Gasteiger partial charge in [0.05, 0.1) is 37.8 Å². The second-order valence-electron chi connectivity index (χ2n) is 4.50. The predicted molar refractivity (Wildman–Crippen MR) is 69.3 cm³/mol. The molecule has 0 heterocycles. The molecule has 0 atom stereocenters. The summed E-state index contributed by atoms with van der Waals surface area (Å²) in [5.74, 6) is 0. The van der Waals surface area contributed by atoms with E-state index in [9.17, 15) is 21.6 Å². The van der Waals surface area contributed by atoms with Gasteiger partial charge in [-0.2, -0.15) is 13.2 Å². The molecule has 0 unspecified atom stereocenters. The Morgan fingerprint density at radius 1 is 1.30 bits per heavy atom. The molecular weight excluding hydrogens is 317 g/mol. The Morgan fingerprint density at radius 2 is 1.90 bits per heavy atom. The Bertz CT molecular complexity index is 574. The number of quaternary nitrogens is 1. The molecule has 4 nitrogen and oxygen atoms in total. The largest absolute Gasteiger partial charge is 0.416 e. The van der Waals surface area contributed by atoms with Crippen LogP contribution in [-0.4, -0.2) is 35.6 Å². The van der Waals surface area contributed by atoms with Gasteiger partial charge in [0, 0.05) is 0 Å². The normalized spacial score (nSPS) is 12.9. The molecule has 0 aliphatic rings. The van der Waals surface area contributed by atoms with E-state index < -0.39 is 26.7 Å². The van der Waals surface area contributed by atoms with Crippen molar-refractivity contribution in [2.45, 2.75) is 11.1 Å². The predicted octanol–water partition coefficient (Wildman–Crippen LogP) is 0.782. The van der Waals surface area contributed by atoms with Gasteiger partial charge >= 0.3 is 6.18 Å². The molecule has 0 amide bonds. The van der Waals surface area contributed by atoms with Crippen LogP contribution in [0.3, 0.4) is 0 Å². The molecule has 1 aromatic rings. The lowest BCUT2D eigenvalue weighted by Crippen LogP contribution is -3.06. The Kier molecular flexibility index (Phi) is 5.42. The number of likely N-dealkylation sites (N-methyl/N-ethyl adjacent to an activating group) is 1. The molecule has 0 spiro atoms. The molecule has 20 heavy (non-hydrogen) atoms. The average Bonchev–Trinajstić information content (AvgIpc) is 2.26. The third kappa shape index (κ3) is 4.62. The first-order valence-corrected chi connectivity index (χ1v) is 7.55. The summed E-state index contributed by atoms with van der Waals surface area (Å²) in [7, 11) is -0.415. The van der Waals surface area contributed by atoms with E-state index in [1.54, 1.807) is 0 Å². The monoisotopic (exact) mass is 331 g/mol. The van der Waals surface area contributed by atoms with Crippen molar-refractivity contribution < 1.29 is 26.5 Å². The molecule has 1 rings (SSSR count). The van der Waals surface area contributed by atoms with Gasteiger partial charge in [-0.05, 0) is 18.2 Å². The molecule has 0 fully saturated rings. The van der Waals surface area contributed by atoms with E-state index in [0.717, 1.165) is 17.0 Å². The molecule has 0 saturated carbocycles. The van der Waals surface area contributed by atoms with Crippen LogP contribution in [0.4, 0.5) is 13.2 Å². The molecule has 1 aromatic carbocycles. The SMILES string of the molecule is C[NH+](C)CCNS(=O)(=O)c1cc(C(F)(F)F)ccc1Cl. The Balaban J connectivity index is 3.05. The summed E-state index contributed by atoms with van der Waals surface area (Å²) >= 11 is 5.68. The molecule has 0 saturated heterocycles. The van der Waals surface area contributed by atoms with Crippen LogP contribution in [0.1, 0.15) is 5.56 Å². The molecule has 0 aliphatic heterocycles. The summed E-state index contributed by atoms with van der Waals surface area (Å²) in [4.78, 5) is 0.436. The van der Waals surface area contributed by atoms with Crippen LogP contribution >= 0.6 is 11.6 Å². The fraction of sp³-hybridized carbons (Fsp3) is 0.455. The van der Waals surface area contributed by atoms with Crippen molar-refractivity contribution in [3.63, 3.8) is 0 Å². The summed E-state index contributed by atoms with van der Waals surface area (Å²) in [6.07, 6.45) is -4.62. The molecule has 0 aromatic heterocycles. The molecule has 0 radical (unpaired) electrons. The zero-order valence-corrected chi connectivity index (χ0v) is 12.5. The number of alkyl halides is 3. The summed E-state index contributed by atoms with van der Waals surface area (Å²) in [5, 5.41) is -0.247. The van der Waals surface area contributed by atoms with Crippen LogP contribution in [0.2, 0.25) is 5.02 Å². The minimum atomic E-state index is -4.62. The van der Waals surface area contributed by atoms with Crippen molar-refractivity contribution in [3.05, 3.63) is 28.8 Å². The Labute approximate surface area is 120 Å². The highest BCUT2D eigenvalue weighted by molar-refractivity contribution is 7.89. The maximum atomic E-state index is 12.6. The molecule has 114 valence electrons. The fourth-order valence-corrected chi connectivity index (χ4v) is 2.95. The Hall–Kier alpha value is -0.830. The number of hydrogen-bond donors (Lipinski definition) is 2. The summed E-state index contributed by atoms with van der Waals surface area (Å²) in [5.41, 5.74) is -1.06. The fourth-order valence-electron chi connectivity index (χ4n) is 1.40. The third-order valence-corrected chi connectivity index (χ3v) is 4.41. The standard InChI is InChI=1S/C11H14ClF3N2O2S/c1-17(2)6-5-16-20(18,19)10-7-8(11(13,14)15)3-4-9(10)12/h3-4,7,16H,5-6H2,1-2H3/p+1. The topological polar surface area (TPSA) is 50.6 Å². The number of sulfonamides is 1. The van der Waals surface area contributed by atoms with Crippen LogP contribution in [-0.2, 0) is 16.2 Å². The van der Waals surface area contributed by atoms with Gasteiger partial charge in [-0.15, -0.1) is 0 Å². The molecule has 2 N–H and O–H groups in total. The second-order valence-corrected chi connectivity index (χ2v) is 6.64. The van der Waals surface area contributed by atoms with E-state index in [1.807, 2.05) is 14.1 Å². The highest BCUT2D eigenvalue weighted by atomic mass is 35.5. The highest BCUT2D eigenvalue weighted by Crippen LogP contribution is 2.33. The number of hydrogen-bond acceptors (Lipinski definition) is 2. The Morgan fingerprint density at radius 3 is 2.40 bits per heavy atom. The minimum absolute atomic E-state index is 0.108. The van der Waals surface area contributed by atoms with E-state index in [2.05, 4.69) is 4.72 Å². The maximum absolute atomic E-state index is 12.6. The van der Waals surface area contributed by atoms with Gasteiger partial charge in [-0.3, -0.25) is 0 Å². The molecule has 0 aliphatic carbocycles. The van der Waals surface area contributed by atoms with Crippen LogP contribution in [0.25, 0.3) is 0 Å². The van der Waals surface area contributed by atoms with E-state index in [1.165, 1.54) is 0 Å². The first-order chi connectivity index (χ1) is 9.04. The van der Waals surface area contributed by atoms with E-state index in [0.29, 0.717) is 12.6 Å². The highest BCUT2D eigenvalue weighted by Gasteiger charge is 2.32. The van der Waals surface area contributed by atoms with Gasteiger partial charge in [-0.1, -0.05) is 11.6 Å². The number of rotatable bonds is 5. The lowest BCUT2D eigenvalue weighted by molar-refractivity contribution is -0.856. The lowest BCUT2D eigenvalue weighted by atomic mass is 10.2. The summed E-state index contributed by atoms with van der Waals surface area (Å²) in [6.45, 7) is 0.604. The summed E-state index contributed by atoms with van der Waals surface area (Å²) in [6, 6.07) is 2.20. The lowest BCUT2D eigenvalue weighted by Gasteiger charge is -2.12. The molecule has 9 heteroatoms. The van der Waals surface area contributed by atoms with Gasteiger partial charge in [0.25, 0.3) is 0 Å². The van der Waals surface area contributed by atoms with Gasteiger partial charge in [0.1, 0.15) is 4.90 Å². The second kappa shape index (κ2) is 6.30. The van der Waals surface area contributed by atoms with Gasteiger partial charge in [0.2, 0.25) is 10.0 Å². The maximum Gasteiger partial charge on any atom is 0.416 e. The van der Waals surface area contributed by atoms with Crippen molar-refractivity contribution in [3.8, 4) is 0 Å². The zero-order chi connectivity index (χ0) is 15.6. The van der Waals surface area contributed by atoms with Crippen molar-refractivity contribution in [2.75, 3.05) is 27.2 Å². The smallest absolute Gasteiger partial charge is 0.339 e. The van der Waals surface area contributed by atoms with Gasteiger partial charge in [0.15, 0.2) is 0 Å². The molecular formula is C11H15ClF3N2O2S+. The van der Waals surface area contributed by atoms with Crippen LogP contribution < -0.4 is 9.62 Å². The van der Waals surface area contributed by atoms with Gasteiger partial charge < -0.3 is 4.90 Å². The minimum Gasteiger partial charge on any atom is -0.339 e. The van der Waals surface area contributed by atoms with Crippen molar-refractivity contribution in [1.82, 2.24) is 4.72 Å². The first-order valence-electron chi connectivity index (χ1n) is 5.69. The van der Waals surface area contributed by atoms with Crippen LogP contribution in [0, 0.1) is 0 Å². The van der Waals surface area contributed by atoms with E-state index in [-0.39, 0.29) is 11.6 Å². The average molecular weight is 332 g/mol. The first kappa shape index (κ1) is 17.2. The number of benzene rings is 1. The van der Waals surface area contributed by atoms with Crippen molar-refractivity contribution >= 4 is 21.6 Å². The summed E-state index contributed by atoms with van der Waals surface area (Å²) < 4.78 is 63.9. The van der Waals surface area contributed by atoms with Crippen LogP contribution in [0.15, 0.2) is 23.1 Å². The number of halogens is 4. The van der Waals surface area contributed by atoms with E-state index in [4.69, 9.17) is 11.6 Å². The quantitative estimate of drug-likeness (QED) is 0.838. The van der Waals surface area contributed by atoms with Crippen molar-refractivity contribution in [1.29, 1.82) is 0 Å². The van der Waals surface area contributed by atoms with E-state index >= 15 is 0 Å². The zero-order valence-electron chi connectivity index (χ0n) is 10.9. The number of nitrogens with one attached hydrogen (secondary N) is 2. The van der Waals surface area contributed by atoms with Gasteiger partial charge in [-0.25, -0.2) is 13.1 Å².